The number of aromatic nitrogens is 1. The van der Waals surface area contributed by atoms with Crippen LogP contribution in [-0.2, 0) is 11.2 Å². The number of carbonyl (C=O) groups excluding carboxylic acids is 1. The van der Waals surface area contributed by atoms with Gasteiger partial charge in [-0.1, -0.05) is 79.6 Å². The maximum atomic E-state index is 13.2. The lowest BCUT2D eigenvalue weighted by molar-refractivity contribution is -0.138. The summed E-state index contributed by atoms with van der Waals surface area (Å²) in [5.41, 5.74) is 7.49. The lowest BCUT2D eigenvalue weighted by Crippen LogP contribution is -2.16. The molecule has 1 aliphatic rings. The zero-order chi connectivity index (χ0) is 28.6. The number of carboxylic acid groups (broad SMARTS) is 1. The van der Waals surface area contributed by atoms with E-state index in [4.69, 9.17) is 10.1 Å². The van der Waals surface area contributed by atoms with Crippen LogP contribution in [0.5, 0.6) is 0 Å². The number of rotatable bonds is 12. The Bertz CT molecular complexity index is 1470. The molecule has 1 N–H and O–H groups in total. The summed E-state index contributed by atoms with van der Waals surface area (Å²) in [6.07, 6.45) is 10.4. The van der Waals surface area contributed by atoms with Gasteiger partial charge in [-0.3, -0.25) is 14.6 Å². The molecular weight excluding hydrogens is 506 g/mol. The van der Waals surface area contributed by atoms with Gasteiger partial charge in [0.15, 0.2) is 5.78 Å². The third kappa shape index (κ3) is 7.70. The normalized spacial score (nSPS) is 17.0. The molecule has 0 radical (unpaired) electrons. The molecule has 0 saturated heterocycles. The van der Waals surface area contributed by atoms with E-state index in [2.05, 4.69) is 72.8 Å². The van der Waals surface area contributed by atoms with Crippen molar-refractivity contribution in [3.8, 4) is 11.1 Å². The molecule has 4 heteroatoms. The van der Waals surface area contributed by atoms with Crippen LogP contribution in [0.1, 0.15) is 97.3 Å². The number of aliphatic carboxylic acids is 1. The number of fused-ring (bicyclic) bond motifs is 1. The quantitative estimate of drug-likeness (QED) is 0.142. The minimum Gasteiger partial charge on any atom is -0.481 e. The summed E-state index contributed by atoms with van der Waals surface area (Å²) < 4.78 is 0. The van der Waals surface area contributed by atoms with Crippen LogP contribution < -0.4 is 0 Å². The number of pyridine rings is 1. The maximum Gasteiger partial charge on any atom is 0.303 e. The predicted octanol–water partition coefficient (Wildman–Crippen LogP) is 9.33. The van der Waals surface area contributed by atoms with Gasteiger partial charge in [-0.25, -0.2) is 0 Å². The molecule has 1 fully saturated rings. The Kier molecular flexibility index (Phi) is 9.61. The number of unbranched alkanes of at least 4 members (excludes halogenated alkanes) is 3. The fourth-order valence-electron chi connectivity index (χ4n) is 6.41. The molecule has 5 rings (SSSR count). The molecular formula is C37H41NO3. The highest BCUT2D eigenvalue weighted by molar-refractivity contribution is 6.08. The standard InChI is InChI=1S/C37H41NO3/c1-26-23-34(36(39)12-8-3-2-5-9-27-10-6-4-7-11-27)33-22-21-32(25-35(33)38-26)31-19-17-30(18-20-31)29-15-13-28(14-16-29)24-37(40)41/h4,6-7,10-11,17-23,25,28-29H,2-3,5,8-9,12-16,24H2,1H3,(H,40,41). The van der Waals surface area contributed by atoms with E-state index in [0.717, 1.165) is 91.1 Å². The molecule has 3 aromatic carbocycles. The molecule has 0 spiro atoms. The molecule has 0 amide bonds. The van der Waals surface area contributed by atoms with Crippen LogP contribution in [0.15, 0.2) is 78.9 Å². The monoisotopic (exact) mass is 547 g/mol. The van der Waals surface area contributed by atoms with E-state index >= 15 is 0 Å². The van der Waals surface area contributed by atoms with Crippen molar-refractivity contribution < 1.29 is 14.7 Å². The van der Waals surface area contributed by atoms with Crippen molar-refractivity contribution in [2.75, 3.05) is 0 Å². The van der Waals surface area contributed by atoms with Crippen LogP contribution in [0.3, 0.4) is 0 Å². The molecule has 1 aliphatic carbocycles. The molecule has 0 aliphatic heterocycles. The Labute approximate surface area is 243 Å². The van der Waals surface area contributed by atoms with Gasteiger partial charge in [-0.2, -0.15) is 0 Å². The third-order valence-corrected chi connectivity index (χ3v) is 8.73. The van der Waals surface area contributed by atoms with Gasteiger partial charge in [0.05, 0.1) is 5.52 Å². The minimum absolute atomic E-state index is 0.207. The van der Waals surface area contributed by atoms with E-state index in [1.807, 2.05) is 13.0 Å². The second kappa shape index (κ2) is 13.7. The van der Waals surface area contributed by atoms with E-state index in [-0.39, 0.29) is 5.78 Å². The Balaban J connectivity index is 1.19. The average Bonchev–Trinajstić information content (AvgIpc) is 2.99. The van der Waals surface area contributed by atoms with Crippen molar-refractivity contribution in [1.29, 1.82) is 0 Å². The van der Waals surface area contributed by atoms with E-state index in [0.29, 0.717) is 24.7 Å². The predicted molar refractivity (Wildman–Crippen MR) is 166 cm³/mol. The first-order valence-electron chi connectivity index (χ1n) is 15.3. The number of ketones is 1. The van der Waals surface area contributed by atoms with Crippen molar-refractivity contribution >= 4 is 22.7 Å². The number of nitrogens with zero attached hydrogens (tertiary/aromatic N) is 1. The van der Waals surface area contributed by atoms with Gasteiger partial charge < -0.3 is 5.11 Å². The van der Waals surface area contributed by atoms with Gasteiger partial charge in [0.25, 0.3) is 0 Å². The second-order valence-electron chi connectivity index (χ2n) is 11.8. The fourth-order valence-corrected chi connectivity index (χ4v) is 6.41. The van der Waals surface area contributed by atoms with E-state index in [1.165, 1.54) is 11.1 Å². The molecule has 4 nitrogen and oxygen atoms in total. The molecule has 0 bridgehead atoms. The SMILES string of the molecule is Cc1cc(C(=O)CCCCCCc2ccccc2)c2ccc(-c3ccc(C4CCC(CC(=O)O)CC4)cc3)cc2n1. The first-order chi connectivity index (χ1) is 20.0. The van der Waals surface area contributed by atoms with Crippen molar-refractivity contribution in [1.82, 2.24) is 4.98 Å². The highest BCUT2D eigenvalue weighted by atomic mass is 16.4. The molecule has 1 heterocycles. The minimum atomic E-state index is -0.681. The van der Waals surface area contributed by atoms with Crippen molar-refractivity contribution in [2.24, 2.45) is 5.92 Å². The summed E-state index contributed by atoms with van der Waals surface area (Å²) in [4.78, 5) is 29.0. The van der Waals surface area contributed by atoms with Gasteiger partial charge in [0.2, 0.25) is 0 Å². The van der Waals surface area contributed by atoms with Crippen molar-refractivity contribution in [3.63, 3.8) is 0 Å². The zero-order valence-corrected chi connectivity index (χ0v) is 24.1. The van der Waals surface area contributed by atoms with Crippen molar-refractivity contribution in [2.45, 2.75) is 83.5 Å². The van der Waals surface area contributed by atoms with E-state index in [9.17, 15) is 9.59 Å². The molecule has 4 aromatic rings. The van der Waals surface area contributed by atoms with Crippen LogP contribution in [0.25, 0.3) is 22.0 Å². The molecule has 0 unspecified atom stereocenters. The van der Waals surface area contributed by atoms with Crippen molar-refractivity contribution in [3.05, 3.63) is 101 Å². The average molecular weight is 548 g/mol. The summed E-state index contributed by atoms with van der Waals surface area (Å²) in [5.74, 6) is 0.351. The Hall–Kier alpha value is -3.79. The van der Waals surface area contributed by atoms with Gasteiger partial charge >= 0.3 is 5.97 Å². The Morgan fingerprint density at radius 3 is 2.24 bits per heavy atom. The van der Waals surface area contributed by atoms with Crippen LogP contribution in [0, 0.1) is 12.8 Å². The zero-order valence-electron chi connectivity index (χ0n) is 24.1. The molecule has 0 atom stereocenters. The largest absolute Gasteiger partial charge is 0.481 e. The molecule has 1 aromatic heterocycles. The number of hydrogen-bond donors (Lipinski definition) is 1. The Morgan fingerprint density at radius 2 is 1.51 bits per heavy atom. The molecule has 212 valence electrons. The van der Waals surface area contributed by atoms with Crippen LogP contribution in [-0.4, -0.2) is 21.8 Å². The first-order valence-corrected chi connectivity index (χ1v) is 15.3. The summed E-state index contributed by atoms with van der Waals surface area (Å²) in [5, 5.41) is 10.0. The number of aryl methyl sites for hydroxylation is 2. The molecule has 41 heavy (non-hydrogen) atoms. The number of carboxylic acids is 1. The van der Waals surface area contributed by atoms with E-state index < -0.39 is 5.97 Å². The fraction of sp³-hybridized carbons (Fsp3) is 0.378. The lowest BCUT2D eigenvalue weighted by Gasteiger charge is -2.28. The number of benzene rings is 3. The summed E-state index contributed by atoms with van der Waals surface area (Å²) >= 11 is 0. The summed E-state index contributed by atoms with van der Waals surface area (Å²) in [7, 11) is 0. The van der Waals surface area contributed by atoms with Gasteiger partial charge in [-0.15, -0.1) is 0 Å². The maximum absolute atomic E-state index is 13.2. The summed E-state index contributed by atoms with van der Waals surface area (Å²) in [6, 6.07) is 27.6. The second-order valence-corrected chi connectivity index (χ2v) is 11.8. The highest BCUT2D eigenvalue weighted by Gasteiger charge is 2.24. The number of Topliss-reactive ketones (excluding diaryl/α,β-unsaturated/α-hetero) is 1. The van der Waals surface area contributed by atoms with Gasteiger partial charge in [0, 0.05) is 29.5 Å². The number of hydrogen-bond acceptors (Lipinski definition) is 3. The Morgan fingerprint density at radius 1 is 0.805 bits per heavy atom. The lowest BCUT2D eigenvalue weighted by atomic mass is 9.77. The third-order valence-electron chi connectivity index (χ3n) is 8.73. The topological polar surface area (TPSA) is 67.3 Å². The van der Waals surface area contributed by atoms with Crippen LogP contribution in [0.4, 0.5) is 0 Å². The van der Waals surface area contributed by atoms with Gasteiger partial charge in [0.1, 0.15) is 0 Å². The van der Waals surface area contributed by atoms with Gasteiger partial charge in [-0.05, 0) is 98.1 Å². The number of carbonyl (C=O) groups is 2. The van der Waals surface area contributed by atoms with E-state index in [1.54, 1.807) is 0 Å². The summed E-state index contributed by atoms with van der Waals surface area (Å²) in [6.45, 7) is 1.96. The molecule has 1 saturated carbocycles. The van der Waals surface area contributed by atoms with Crippen LogP contribution >= 0.6 is 0 Å². The highest BCUT2D eigenvalue weighted by Crippen LogP contribution is 2.38. The first kappa shape index (κ1) is 28.7. The smallest absolute Gasteiger partial charge is 0.303 e. The van der Waals surface area contributed by atoms with Crippen LogP contribution in [0.2, 0.25) is 0 Å².